The Morgan fingerprint density at radius 1 is 1.53 bits per heavy atom. The van der Waals surface area contributed by atoms with Gasteiger partial charge >= 0.3 is 0 Å². The van der Waals surface area contributed by atoms with Crippen LogP contribution in [0.2, 0.25) is 0 Å². The van der Waals surface area contributed by atoms with Crippen molar-refractivity contribution in [3.8, 4) is 0 Å². The third-order valence-corrected chi connectivity index (χ3v) is 2.37. The molecule has 1 fully saturated rings. The van der Waals surface area contributed by atoms with E-state index in [1.54, 1.807) is 7.11 Å². The lowest BCUT2D eigenvalue weighted by atomic mass is 10.2. The zero-order valence-corrected chi connectivity index (χ0v) is 9.25. The first-order chi connectivity index (χ1) is 7.33. The van der Waals surface area contributed by atoms with Gasteiger partial charge in [0.2, 0.25) is 5.91 Å². The van der Waals surface area contributed by atoms with E-state index in [4.69, 9.17) is 9.47 Å². The number of carbonyl (C=O) groups excluding carboxylic acids is 1. The van der Waals surface area contributed by atoms with Crippen LogP contribution in [-0.4, -0.2) is 52.0 Å². The van der Waals surface area contributed by atoms with Gasteiger partial charge in [-0.15, -0.1) is 0 Å². The predicted octanol–water partition coefficient (Wildman–Crippen LogP) is -0.482. The van der Waals surface area contributed by atoms with Crippen LogP contribution in [0.3, 0.4) is 0 Å². The van der Waals surface area contributed by atoms with Crippen LogP contribution in [0.5, 0.6) is 0 Å². The van der Waals surface area contributed by atoms with E-state index in [2.05, 4.69) is 10.6 Å². The van der Waals surface area contributed by atoms with Crippen molar-refractivity contribution >= 4 is 5.91 Å². The topological polar surface area (TPSA) is 59.6 Å². The normalized spacial score (nSPS) is 20.5. The average molecular weight is 216 g/mol. The van der Waals surface area contributed by atoms with E-state index < -0.39 is 0 Å². The minimum atomic E-state index is -0.0557. The molecule has 1 unspecified atom stereocenters. The molecule has 0 aliphatic carbocycles. The second-order valence-electron chi connectivity index (χ2n) is 3.64. The van der Waals surface area contributed by atoms with Gasteiger partial charge in [-0.3, -0.25) is 4.79 Å². The Hall–Kier alpha value is -0.650. The van der Waals surface area contributed by atoms with Crippen LogP contribution in [0, 0.1) is 0 Å². The van der Waals surface area contributed by atoms with E-state index in [1.165, 1.54) is 6.42 Å². The largest absolute Gasteiger partial charge is 0.382 e. The SMILES string of the molecule is COCCOCC(=O)NCC1CCCN1. The molecule has 0 bridgehead atoms. The van der Waals surface area contributed by atoms with Crippen molar-refractivity contribution in [1.82, 2.24) is 10.6 Å². The monoisotopic (exact) mass is 216 g/mol. The summed E-state index contributed by atoms with van der Waals surface area (Å²) in [7, 11) is 1.61. The van der Waals surface area contributed by atoms with Crippen molar-refractivity contribution in [3.05, 3.63) is 0 Å². The highest BCUT2D eigenvalue weighted by molar-refractivity contribution is 5.77. The molecule has 0 aromatic carbocycles. The molecule has 88 valence electrons. The fourth-order valence-corrected chi connectivity index (χ4v) is 1.53. The van der Waals surface area contributed by atoms with Crippen molar-refractivity contribution in [3.63, 3.8) is 0 Å². The number of hydrogen-bond acceptors (Lipinski definition) is 4. The summed E-state index contributed by atoms with van der Waals surface area (Å²) >= 11 is 0. The molecule has 1 saturated heterocycles. The Kier molecular flexibility index (Phi) is 6.31. The van der Waals surface area contributed by atoms with Gasteiger partial charge in [0.05, 0.1) is 13.2 Å². The van der Waals surface area contributed by atoms with Crippen molar-refractivity contribution in [1.29, 1.82) is 0 Å². The number of amides is 1. The Balaban J connectivity index is 1.93. The minimum absolute atomic E-state index is 0.0557. The Bertz CT molecular complexity index is 182. The highest BCUT2D eigenvalue weighted by atomic mass is 16.5. The van der Waals surface area contributed by atoms with Gasteiger partial charge in [-0.25, -0.2) is 0 Å². The molecule has 15 heavy (non-hydrogen) atoms. The Labute approximate surface area is 90.5 Å². The maximum absolute atomic E-state index is 11.3. The summed E-state index contributed by atoms with van der Waals surface area (Å²) in [5, 5.41) is 6.15. The first kappa shape index (κ1) is 12.4. The number of rotatable bonds is 7. The van der Waals surface area contributed by atoms with Crippen LogP contribution < -0.4 is 10.6 Å². The maximum Gasteiger partial charge on any atom is 0.246 e. The third kappa shape index (κ3) is 5.71. The molecule has 0 saturated carbocycles. The molecule has 5 nitrogen and oxygen atoms in total. The van der Waals surface area contributed by atoms with Gasteiger partial charge in [0.15, 0.2) is 0 Å². The first-order valence-corrected chi connectivity index (χ1v) is 5.39. The van der Waals surface area contributed by atoms with Crippen LogP contribution in [0.25, 0.3) is 0 Å². The fraction of sp³-hybridized carbons (Fsp3) is 0.900. The summed E-state index contributed by atoms with van der Waals surface area (Å²) in [6, 6.07) is 0.438. The van der Waals surface area contributed by atoms with E-state index in [0.717, 1.165) is 13.0 Å². The fourth-order valence-electron chi connectivity index (χ4n) is 1.53. The zero-order chi connectivity index (χ0) is 10.9. The molecule has 1 amide bonds. The molecular formula is C10H20N2O3. The van der Waals surface area contributed by atoms with Crippen molar-refractivity contribution < 1.29 is 14.3 Å². The van der Waals surface area contributed by atoms with E-state index in [-0.39, 0.29) is 12.5 Å². The third-order valence-electron chi connectivity index (χ3n) is 2.37. The van der Waals surface area contributed by atoms with Gasteiger partial charge in [-0.05, 0) is 19.4 Å². The second kappa shape index (κ2) is 7.62. The van der Waals surface area contributed by atoms with Gasteiger partial charge in [0, 0.05) is 19.7 Å². The lowest BCUT2D eigenvalue weighted by Gasteiger charge is -2.11. The highest BCUT2D eigenvalue weighted by Gasteiger charge is 2.14. The van der Waals surface area contributed by atoms with Gasteiger partial charge in [-0.2, -0.15) is 0 Å². The number of nitrogens with one attached hydrogen (secondary N) is 2. The molecular weight excluding hydrogens is 196 g/mol. The highest BCUT2D eigenvalue weighted by Crippen LogP contribution is 2.02. The summed E-state index contributed by atoms with van der Waals surface area (Å²) in [5.74, 6) is -0.0557. The summed E-state index contributed by atoms with van der Waals surface area (Å²) in [6.07, 6.45) is 2.34. The zero-order valence-electron chi connectivity index (χ0n) is 9.25. The summed E-state index contributed by atoms with van der Waals surface area (Å²) in [5.41, 5.74) is 0. The summed E-state index contributed by atoms with van der Waals surface area (Å²) in [6.45, 7) is 2.87. The number of carbonyl (C=O) groups is 1. The smallest absolute Gasteiger partial charge is 0.246 e. The summed E-state index contributed by atoms with van der Waals surface area (Å²) in [4.78, 5) is 11.3. The van der Waals surface area contributed by atoms with Gasteiger partial charge in [0.1, 0.15) is 6.61 Å². The number of methoxy groups -OCH3 is 1. The van der Waals surface area contributed by atoms with Crippen molar-refractivity contribution in [2.45, 2.75) is 18.9 Å². The quantitative estimate of drug-likeness (QED) is 0.564. The average Bonchev–Trinajstić information content (AvgIpc) is 2.74. The number of ether oxygens (including phenoxy) is 2. The van der Waals surface area contributed by atoms with Gasteiger partial charge < -0.3 is 20.1 Å². The molecule has 1 rings (SSSR count). The first-order valence-electron chi connectivity index (χ1n) is 5.39. The molecule has 0 radical (unpaired) electrons. The molecule has 5 heteroatoms. The molecule has 1 heterocycles. The molecule has 1 atom stereocenters. The van der Waals surface area contributed by atoms with E-state index in [1.807, 2.05) is 0 Å². The summed E-state index contributed by atoms with van der Waals surface area (Å²) < 4.78 is 9.89. The van der Waals surface area contributed by atoms with E-state index >= 15 is 0 Å². The Morgan fingerprint density at radius 3 is 3.07 bits per heavy atom. The minimum Gasteiger partial charge on any atom is -0.382 e. The molecule has 0 spiro atoms. The molecule has 1 aliphatic rings. The molecule has 0 aromatic rings. The second-order valence-corrected chi connectivity index (χ2v) is 3.64. The molecule has 1 aliphatic heterocycles. The molecule has 0 aromatic heterocycles. The standard InChI is InChI=1S/C10H20N2O3/c1-14-5-6-15-8-10(13)12-7-9-3-2-4-11-9/h9,11H,2-8H2,1H3,(H,12,13). The van der Waals surface area contributed by atoms with Crippen molar-refractivity contribution in [2.24, 2.45) is 0 Å². The Morgan fingerprint density at radius 2 is 2.40 bits per heavy atom. The van der Waals surface area contributed by atoms with Crippen LogP contribution in [0.4, 0.5) is 0 Å². The van der Waals surface area contributed by atoms with Crippen LogP contribution in [-0.2, 0) is 14.3 Å². The van der Waals surface area contributed by atoms with E-state index in [0.29, 0.717) is 25.8 Å². The molecule has 2 N–H and O–H groups in total. The van der Waals surface area contributed by atoms with E-state index in [9.17, 15) is 4.79 Å². The number of hydrogen-bond donors (Lipinski definition) is 2. The maximum atomic E-state index is 11.3. The predicted molar refractivity (Wildman–Crippen MR) is 56.7 cm³/mol. The van der Waals surface area contributed by atoms with Crippen LogP contribution in [0.1, 0.15) is 12.8 Å². The van der Waals surface area contributed by atoms with Crippen molar-refractivity contribution in [2.75, 3.05) is 40.0 Å². The van der Waals surface area contributed by atoms with Gasteiger partial charge in [0.25, 0.3) is 0 Å². The van der Waals surface area contributed by atoms with Gasteiger partial charge in [-0.1, -0.05) is 0 Å². The van der Waals surface area contributed by atoms with Crippen LogP contribution in [0.15, 0.2) is 0 Å². The van der Waals surface area contributed by atoms with Crippen LogP contribution >= 0.6 is 0 Å². The lowest BCUT2D eigenvalue weighted by Crippen LogP contribution is -2.38. The lowest BCUT2D eigenvalue weighted by molar-refractivity contribution is -0.126.